The third-order valence-corrected chi connectivity index (χ3v) is 7.13. The molecule has 2 aliphatic rings. The van der Waals surface area contributed by atoms with Gasteiger partial charge in [-0.05, 0) is 44.2 Å². The first-order valence-corrected chi connectivity index (χ1v) is 10.0. The average Bonchev–Trinajstić information content (AvgIpc) is 3.05. The maximum atomic E-state index is 13.4. The number of carboxylic acids is 1. The van der Waals surface area contributed by atoms with Gasteiger partial charge in [-0.15, -0.1) is 11.8 Å². The lowest BCUT2D eigenvalue weighted by molar-refractivity contribution is -0.149. The highest BCUT2D eigenvalue weighted by atomic mass is 32.2. The van der Waals surface area contributed by atoms with Crippen LogP contribution in [0, 0.1) is 18.8 Å². The molecule has 0 aromatic heterocycles. The zero-order valence-electron chi connectivity index (χ0n) is 15.0. The summed E-state index contributed by atoms with van der Waals surface area (Å²) in [6.45, 7) is 5.15. The van der Waals surface area contributed by atoms with Gasteiger partial charge >= 0.3 is 5.97 Å². The summed E-state index contributed by atoms with van der Waals surface area (Å²) in [5, 5.41) is 9.31. The minimum Gasteiger partial charge on any atom is -0.481 e. The molecular weight excluding hydrogens is 334 g/mol. The predicted octanol–water partition coefficient (Wildman–Crippen LogP) is 3.97. The van der Waals surface area contributed by atoms with Crippen molar-refractivity contribution in [3.8, 4) is 0 Å². The Morgan fingerprint density at radius 3 is 2.40 bits per heavy atom. The summed E-state index contributed by atoms with van der Waals surface area (Å²) in [4.78, 5) is 27.8. The lowest BCUT2D eigenvalue weighted by atomic mass is 9.86. The number of likely N-dealkylation sites (tertiary alicyclic amines) is 1. The molecule has 0 radical (unpaired) electrons. The molecule has 1 heterocycles. The van der Waals surface area contributed by atoms with Crippen LogP contribution in [0.3, 0.4) is 0 Å². The van der Waals surface area contributed by atoms with Gasteiger partial charge in [-0.2, -0.15) is 0 Å². The van der Waals surface area contributed by atoms with Crippen LogP contribution < -0.4 is 0 Å². The van der Waals surface area contributed by atoms with Crippen molar-refractivity contribution in [3.05, 3.63) is 29.8 Å². The van der Waals surface area contributed by atoms with Gasteiger partial charge in [0.05, 0.1) is 10.7 Å². The predicted molar refractivity (Wildman–Crippen MR) is 99.7 cm³/mol. The number of thioether (sulfide) groups is 1. The van der Waals surface area contributed by atoms with E-state index < -0.39 is 5.97 Å². The van der Waals surface area contributed by atoms with Gasteiger partial charge in [-0.25, -0.2) is 0 Å². The second-order valence-electron chi connectivity index (χ2n) is 7.58. The second-order valence-corrected chi connectivity index (χ2v) is 9.04. The molecule has 2 fully saturated rings. The highest BCUT2D eigenvalue weighted by Crippen LogP contribution is 2.47. The molecule has 0 bridgehead atoms. The van der Waals surface area contributed by atoms with Crippen molar-refractivity contribution in [2.45, 2.75) is 55.6 Å². The Morgan fingerprint density at radius 1 is 1.20 bits per heavy atom. The molecule has 25 heavy (non-hydrogen) atoms. The summed E-state index contributed by atoms with van der Waals surface area (Å²) in [6.07, 6.45) is 4.57. The van der Waals surface area contributed by atoms with E-state index in [9.17, 15) is 14.7 Å². The maximum absolute atomic E-state index is 13.4. The monoisotopic (exact) mass is 361 g/mol. The summed E-state index contributed by atoms with van der Waals surface area (Å²) >= 11 is 1.71. The van der Waals surface area contributed by atoms with E-state index in [2.05, 4.69) is 31.2 Å². The number of piperidine rings is 1. The summed E-state index contributed by atoms with van der Waals surface area (Å²) in [6, 6.07) is 8.39. The van der Waals surface area contributed by atoms with Crippen LogP contribution >= 0.6 is 11.8 Å². The molecule has 1 aromatic rings. The Labute approximate surface area is 154 Å². The molecule has 1 aliphatic heterocycles. The molecule has 1 saturated heterocycles. The molecule has 3 rings (SSSR count). The lowest BCUT2D eigenvalue weighted by Crippen LogP contribution is -2.51. The number of hydrogen-bond acceptors (Lipinski definition) is 3. The van der Waals surface area contributed by atoms with Crippen LogP contribution in [-0.4, -0.2) is 39.7 Å². The van der Waals surface area contributed by atoms with Gasteiger partial charge in [0.25, 0.3) is 0 Å². The van der Waals surface area contributed by atoms with Crippen LogP contribution in [0.25, 0.3) is 0 Å². The van der Waals surface area contributed by atoms with Gasteiger partial charge in [-0.3, -0.25) is 9.59 Å². The molecule has 1 amide bonds. The molecule has 1 N–H and O–H groups in total. The number of hydrogen-bond donors (Lipinski definition) is 1. The van der Waals surface area contributed by atoms with E-state index in [-0.39, 0.29) is 22.5 Å². The molecule has 2 unspecified atom stereocenters. The Balaban J connectivity index is 1.75. The summed E-state index contributed by atoms with van der Waals surface area (Å²) < 4.78 is -0.370. The third kappa shape index (κ3) is 3.86. The van der Waals surface area contributed by atoms with Crippen LogP contribution in [0.15, 0.2) is 29.2 Å². The van der Waals surface area contributed by atoms with Crippen LogP contribution in [0.4, 0.5) is 0 Å². The molecule has 1 aliphatic carbocycles. The molecule has 4 nitrogen and oxygen atoms in total. The van der Waals surface area contributed by atoms with Crippen molar-refractivity contribution >= 4 is 23.6 Å². The molecule has 1 saturated carbocycles. The van der Waals surface area contributed by atoms with E-state index in [1.165, 1.54) is 5.56 Å². The van der Waals surface area contributed by atoms with Crippen LogP contribution in [0.5, 0.6) is 0 Å². The quantitative estimate of drug-likeness (QED) is 0.882. The Hall–Kier alpha value is -1.49. The van der Waals surface area contributed by atoms with Crippen molar-refractivity contribution in [2.75, 3.05) is 13.1 Å². The van der Waals surface area contributed by atoms with E-state index in [4.69, 9.17) is 0 Å². The average molecular weight is 362 g/mol. The number of rotatable bonds is 4. The van der Waals surface area contributed by atoms with Crippen molar-refractivity contribution in [2.24, 2.45) is 11.8 Å². The minimum atomic E-state index is -0.732. The standard InChI is InChI=1S/C20H27NO3S/c1-14-5-7-16(8-6-14)25-20(10-3-4-11-20)19(24)21-12-9-17(18(22)23)15(2)13-21/h5-8,15,17H,3-4,9-13H2,1-2H3,(H,22,23). The fourth-order valence-electron chi connectivity index (χ4n) is 4.12. The Kier molecular flexibility index (Phi) is 5.42. The topological polar surface area (TPSA) is 57.6 Å². The molecule has 0 spiro atoms. The van der Waals surface area contributed by atoms with Crippen LogP contribution in [-0.2, 0) is 9.59 Å². The fraction of sp³-hybridized carbons (Fsp3) is 0.600. The zero-order chi connectivity index (χ0) is 18.0. The molecule has 2 atom stereocenters. The van der Waals surface area contributed by atoms with Crippen molar-refractivity contribution in [3.63, 3.8) is 0 Å². The second kappa shape index (κ2) is 7.40. The number of amides is 1. The number of benzene rings is 1. The first-order chi connectivity index (χ1) is 11.9. The summed E-state index contributed by atoms with van der Waals surface area (Å²) in [5.41, 5.74) is 1.22. The van der Waals surface area contributed by atoms with Crippen LogP contribution in [0.1, 0.15) is 44.6 Å². The first-order valence-electron chi connectivity index (χ1n) is 9.19. The molecule has 136 valence electrons. The smallest absolute Gasteiger partial charge is 0.306 e. The fourth-order valence-corrected chi connectivity index (χ4v) is 5.56. The number of carbonyl (C=O) groups excluding carboxylic acids is 1. The summed E-state index contributed by atoms with van der Waals surface area (Å²) in [5.74, 6) is -0.832. The van der Waals surface area contributed by atoms with Gasteiger partial charge in [0.1, 0.15) is 0 Å². The molecular formula is C20H27NO3S. The minimum absolute atomic E-state index is 0.0121. The van der Waals surface area contributed by atoms with Crippen molar-refractivity contribution in [1.29, 1.82) is 0 Å². The Bertz CT molecular complexity index is 637. The largest absolute Gasteiger partial charge is 0.481 e. The van der Waals surface area contributed by atoms with E-state index >= 15 is 0 Å². The van der Waals surface area contributed by atoms with E-state index in [1.54, 1.807) is 11.8 Å². The SMILES string of the molecule is Cc1ccc(SC2(C(=O)N3CCC(C(=O)O)C(C)C3)CCCC2)cc1. The Morgan fingerprint density at radius 2 is 1.84 bits per heavy atom. The highest BCUT2D eigenvalue weighted by molar-refractivity contribution is 8.01. The van der Waals surface area contributed by atoms with Gasteiger partial charge in [0.15, 0.2) is 0 Å². The van der Waals surface area contributed by atoms with E-state index in [0.29, 0.717) is 19.5 Å². The number of carboxylic acid groups (broad SMARTS) is 1. The van der Waals surface area contributed by atoms with Crippen molar-refractivity contribution in [1.82, 2.24) is 4.90 Å². The van der Waals surface area contributed by atoms with Gasteiger partial charge in [-0.1, -0.05) is 37.5 Å². The van der Waals surface area contributed by atoms with Crippen LogP contribution in [0.2, 0.25) is 0 Å². The maximum Gasteiger partial charge on any atom is 0.306 e. The highest BCUT2D eigenvalue weighted by Gasteiger charge is 2.46. The number of carbonyl (C=O) groups is 2. The molecule has 5 heteroatoms. The normalized spacial score (nSPS) is 25.8. The zero-order valence-corrected chi connectivity index (χ0v) is 15.8. The number of aryl methyl sites for hydroxylation is 1. The van der Waals surface area contributed by atoms with Crippen molar-refractivity contribution < 1.29 is 14.7 Å². The van der Waals surface area contributed by atoms with Gasteiger partial charge < -0.3 is 10.0 Å². The lowest BCUT2D eigenvalue weighted by Gasteiger charge is -2.40. The van der Waals surface area contributed by atoms with Gasteiger partial charge in [0, 0.05) is 18.0 Å². The van der Waals surface area contributed by atoms with E-state index in [1.807, 2.05) is 11.8 Å². The third-order valence-electron chi connectivity index (χ3n) is 5.64. The summed E-state index contributed by atoms with van der Waals surface area (Å²) in [7, 11) is 0. The van der Waals surface area contributed by atoms with Gasteiger partial charge in [0.2, 0.25) is 5.91 Å². The first kappa shape index (κ1) is 18.3. The number of aliphatic carboxylic acids is 1. The van der Waals surface area contributed by atoms with E-state index in [0.717, 1.165) is 30.6 Å². The molecule has 1 aromatic carbocycles. The number of nitrogens with zero attached hydrogens (tertiary/aromatic N) is 1.